The number of hydrogen-bond donors (Lipinski definition) is 1. The van der Waals surface area contributed by atoms with Gasteiger partial charge in [0.05, 0.1) is 24.4 Å². The molecule has 8 heteroatoms. The van der Waals surface area contributed by atoms with E-state index >= 15 is 0 Å². The van der Waals surface area contributed by atoms with Crippen LogP contribution in [0.4, 0.5) is 0 Å². The average Bonchev–Trinajstić information content (AvgIpc) is 3.03. The number of methoxy groups -OCH3 is 1. The van der Waals surface area contributed by atoms with Crippen molar-refractivity contribution >= 4 is 23.7 Å². The predicted octanol–water partition coefficient (Wildman–Crippen LogP) is 0.803. The minimum atomic E-state index is -1.38. The van der Waals surface area contributed by atoms with Crippen LogP contribution in [0.1, 0.15) is 33.6 Å². The highest BCUT2D eigenvalue weighted by Crippen LogP contribution is 2.67. The number of fused-ring (bicyclic) bond motifs is 2. The Hall–Kier alpha value is -2.22. The third-order valence-corrected chi connectivity index (χ3v) is 7.98. The van der Waals surface area contributed by atoms with Crippen LogP contribution in [0.3, 0.4) is 0 Å². The van der Waals surface area contributed by atoms with E-state index < -0.39 is 64.5 Å². The van der Waals surface area contributed by atoms with E-state index in [2.05, 4.69) is 0 Å². The second-order valence-electron chi connectivity index (χ2n) is 9.10. The molecule has 29 heavy (non-hydrogen) atoms. The zero-order chi connectivity index (χ0) is 21.3. The fraction of sp³-hybridized carbons (Fsp3) is 0.714. The molecule has 4 aliphatic rings. The van der Waals surface area contributed by atoms with Gasteiger partial charge in [0, 0.05) is 11.8 Å². The molecule has 0 aromatic rings. The maximum Gasteiger partial charge on any atom is 0.310 e. The molecule has 1 saturated carbocycles. The van der Waals surface area contributed by atoms with E-state index in [1.807, 2.05) is 0 Å². The van der Waals surface area contributed by atoms with Gasteiger partial charge in [-0.2, -0.15) is 0 Å². The molecule has 2 aliphatic carbocycles. The Morgan fingerprint density at radius 3 is 2.66 bits per heavy atom. The fourth-order valence-corrected chi connectivity index (χ4v) is 6.54. The minimum Gasteiger partial charge on any atom is -0.469 e. The molecule has 2 aliphatic heterocycles. The number of ketones is 1. The Bertz CT molecular complexity index is 831. The number of hydrogen-bond acceptors (Lipinski definition) is 8. The highest BCUT2D eigenvalue weighted by molar-refractivity contribution is 5.97. The number of allylic oxidation sites excluding steroid dienone is 1. The highest BCUT2D eigenvalue weighted by Gasteiger charge is 2.75. The van der Waals surface area contributed by atoms with E-state index in [0.717, 1.165) is 5.57 Å². The molecule has 8 unspecified atom stereocenters. The van der Waals surface area contributed by atoms with Crippen LogP contribution in [-0.4, -0.2) is 54.7 Å². The summed E-state index contributed by atoms with van der Waals surface area (Å²) in [5.41, 5.74) is -1.36. The van der Waals surface area contributed by atoms with Gasteiger partial charge in [0.15, 0.2) is 5.78 Å². The first-order chi connectivity index (χ1) is 13.6. The molecule has 2 heterocycles. The third kappa shape index (κ3) is 2.41. The summed E-state index contributed by atoms with van der Waals surface area (Å²) in [5, 5.41) is 10.9. The number of rotatable bonds is 2. The molecule has 8 nitrogen and oxygen atoms in total. The van der Waals surface area contributed by atoms with Crippen molar-refractivity contribution in [2.24, 2.45) is 34.5 Å². The van der Waals surface area contributed by atoms with Gasteiger partial charge in [-0.05, 0) is 31.3 Å². The molecule has 3 fully saturated rings. The molecular weight excluding hydrogens is 380 g/mol. The van der Waals surface area contributed by atoms with Crippen LogP contribution in [0.2, 0.25) is 0 Å². The number of esters is 3. The predicted molar refractivity (Wildman–Crippen MR) is 97.0 cm³/mol. The number of aliphatic hydroxyl groups excluding tert-OH is 1. The summed E-state index contributed by atoms with van der Waals surface area (Å²) in [5.74, 6) is -4.32. The summed E-state index contributed by atoms with van der Waals surface area (Å²) >= 11 is 0. The van der Waals surface area contributed by atoms with Gasteiger partial charge >= 0.3 is 17.9 Å². The van der Waals surface area contributed by atoms with Crippen LogP contribution in [0, 0.1) is 34.5 Å². The van der Waals surface area contributed by atoms with Crippen molar-refractivity contribution in [3.05, 3.63) is 11.6 Å². The lowest BCUT2D eigenvalue weighted by Crippen LogP contribution is -2.69. The average molecular weight is 406 g/mol. The third-order valence-electron chi connectivity index (χ3n) is 7.98. The van der Waals surface area contributed by atoms with E-state index in [4.69, 9.17) is 14.2 Å². The first-order valence-electron chi connectivity index (χ1n) is 9.93. The van der Waals surface area contributed by atoms with Gasteiger partial charge in [0.2, 0.25) is 0 Å². The summed E-state index contributed by atoms with van der Waals surface area (Å²) in [6.45, 7) is 5.18. The normalized spacial score (nSPS) is 46.0. The molecule has 0 aromatic heterocycles. The maximum absolute atomic E-state index is 13.0. The number of aliphatic hydroxyl groups is 1. The van der Waals surface area contributed by atoms with Crippen molar-refractivity contribution in [2.45, 2.75) is 45.8 Å². The lowest BCUT2D eigenvalue weighted by molar-refractivity contribution is -0.230. The molecule has 1 N–H and O–H groups in total. The Labute approximate surface area is 168 Å². The lowest BCUT2D eigenvalue weighted by atomic mass is 9.42. The summed E-state index contributed by atoms with van der Waals surface area (Å²) in [6.07, 6.45) is -0.345. The van der Waals surface area contributed by atoms with Gasteiger partial charge in [0.1, 0.15) is 18.8 Å². The van der Waals surface area contributed by atoms with Crippen LogP contribution in [0.5, 0.6) is 0 Å². The first-order valence-corrected chi connectivity index (χ1v) is 9.93. The number of carbonyl (C=O) groups excluding carboxylic acids is 4. The summed E-state index contributed by atoms with van der Waals surface area (Å²) < 4.78 is 16.1. The molecule has 0 bridgehead atoms. The number of ether oxygens (including phenoxy) is 3. The zero-order valence-electron chi connectivity index (χ0n) is 17.0. The second-order valence-corrected chi connectivity index (χ2v) is 9.10. The molecule has 1 spiro atoms. The van der Waals surface area contributed by atoms with E-state index in [1.54, 1.807) is 20.8 Å². The van der Waals surface area contributed by atoms with Crippen LogP contribution >= 0.6 is 0 Å². The molecule has 0 amide bonds. The van der Waals surface area contributed by atoms with Crippen LogP contribution in [0.15, 0.2) is 11.6 Å². The first kappa shape index (κ1) is 20.1. The molecular formula is C21H26O8. The Balaban J connectivity index is 1.91. The topological polar surface area (TPSA) is 116 Å². The summed E-state index contributed by atoms with van der Waals surface area (Å²) in [4.78, 5) is 50.4. The van der Waals surface area contributed by atoms with Gasteiger partial charge in [-0.25, -0.2) is 0 Å². The molecule has 8 atom stereocenters. The van der Waals surface area contributed by atoms with E-state index in [0.29, 0.717) is 6.42 Å². The summed E-state index contributed by atoms with van der Waals surface area (Å²) in [6, 6.07) is 0. The molecule has 0 radical (unpaired) electrons. The molecule has 0 aromatic carbocycles. The molecule has 158 valence electrons. The fourth-order valence-electron chi connectivity index (χ4n) is 6.54. The van der Waals surface area contributed by atoms with Gasteiger partial charge < -0.3 is 19.3 Å². The molecule has 2 saturated heterocycles. The Morgan fingerprint density at radius 2 is 2.00 bits per heavy atom. The monoisotopic (exact) mass is 406 g/mol. The highest BCUT2D eigenvalue weighted by atomic mass is 16.6. The minimum absolute atomic E-state index is 0.0214. The quantitative estimate of drug-likeness (QED) is 0.529. The van der Waals surface area contributed by atoms with Crippen molar-refractivity contribution in [1.29, 1.82) is 0 Å². The van der Waals surface area contributed by atoms with E-state index in [1.165, 1.54) is 13.2 Å². The number of cyclic esters (lactones) is 1. The smallest absolute Gasteiger partial charge is 0.310 e. The zero-order valence-corrected chi connectivity index (χ0v) is 17.0. The van der Waals surface area contributed by atoms with Crippen molar-refractivity contribution in [3.63, 3.8) is 0 Å². The van der Waals surface area contributed by atoms with E-state index in [-0.39, 0.29) is 18.9 Å². The van der Waals surface area contributed by atoms with Gasteiger partial charge in [-0.1, -0.05) is 19.4 Å². The Morgan fingerprint density at radius 1 is 1.31 bits per heavy atom. The standard InChI is InChI=1S/C21H26O8/c1-9-5-13(22)17(24)20(3)11(9)6-14-21(8-28-19(26)16(20)21)12(7-15(23)27-4)10(2)18(25)29-14/h5,10-12,14,16-17,24H,6-8H2,1-4H3. The largest absolute Gasteiger partial charge is 0.469 e. The Kier molecular flexibility index (Phi) is 4.42. The van der Waals surface area contributed by atoms with Gasteiger partial charge in [0.25, 0.3) is 0 Å². The summed E-state index contributed by atoms with van der Waals surface area (Å²) in [7, 11) is 1.27. The van der Waals surface area contributed by atoms with Gasteiger partial charge in [-0.15, -0.1) is 0 Å². The van der Waals surface area contributed by atoms with Crippen LogP contribution in [-0.2, 0) is 33.4 Å². The maximum atomic E-state index is 13.0. The number of carbonyl (C=O) groups is 4. The lowest BCUT2D eigenvalue weighted by Gasteiger charge is -2.61. The van der Waals surface area contributed by atoms with Crippen molar-refractivity contribution in [1.82, 2.24) is 0 Å². The van der Waals surface area contributed by atoms with Crippen LogP contribution < -0.4 is 0 Å². The van der Waals surface area contributed by atoms with Crippen molar-refractivity contribution in [3.8, 4) is 0 Å². The van der Waals surface area contributed by atoms with Gasteiger partial charge in [-0.3, -0.25) is 19.2 Å². The second kappa shape index (κ2) is 6.39. The SMILES string of the molecule is COC(=O)CC1C(C)C(=O)OC2CC3C(C)=CC(=O)C(O)C3(C)C3C(=O)OCC213. The van der Waals surface area contributed by atoms with E-state index in [9.17, 15) is 24.3 Å². The molecule has 4 rings (SSSR count). The van der Waals surface area contributed by atoms with Crippen molar-refractivity contribution in [2.75, 3.05) is 13.7 Å². The van der Waals surface area contributed by atoms with Crippen LogP contribution in [0.25, 0.3) is 0 Å². The van der Waals surface area contributed by atoms with Crippen molar-refractivity contribution < 1.29 is 38.5 Å².